The summed E-state index contributed by atoms with van der Waals surface area (Å²) in [5, 5.41) is 0. The molecule has 2 fully saturated rings. The third-order valence-electron chi connectivity index (χ3n) is 6.89. The molecule has 27 heavy (non-hydrogen) atoms. The average Bonchev–Trinajstić information content (AvgIpc) is 2.70. The van der Waals surface area contributed by atoms with Gasteiger partial charge < -0.3 is 9.47 Å². The van der Waals surface area contributed by atoms with Gasteiger partial charge in [-0.25, -0.2) is 0 Å². The molecule has 4 heterocycles. The van der Waals surface area contributed by atoms with Crippen LogP contribution in [0, 0.1) is 11.8 Å². The van der Waals surface area contributed by atoms with Crippen molar-refractivity contribution in [2.45, 2.75) is 51.0 Å². The van der Waals surface area contributed by atoms with Crippen molar-refractivity contribution in [2.24, 2.45) is 11.8 Å². The van der Waals surface area contributed by atoms with Crippen LogP contribution in [0.1, 0.15) is 50.1 Å². The topological polar surface area (TPSA) is 38.1 Å². The zero-order valence-corrected chi connectivity index (χ0v) is 16.0. The molecule has 0 spiro atoms. The van der Waals surface area contributed by atoms with Gasteiger partial charge in [0.25, 0.3) is 5.56 Å². The molecular weight excluding hydrogens is 334 g/mol. The molecule has 0 aromatic carbocycles. The van der Waals surface area contributed by atoms with Gasteiger partial charge in [-0.2, -0.15) is 0 Å². The van der Waals surface area contributed by atoms with Crippen LogP contribution in [-0.2, 0) is 6.54 Å². The van der Waals surface area contributed by atoms with Gasteiger partial charge in [0.15, 0.2) is 0 Å². The maximum Gasteiger partial charge on any atom is 0.258 e. The number of hydrogen-bond donors (Lipinski definition) is 0. The van der Waals surface area contributed by atoms with Crippen molar-refractivity contribution < 1.29 is 0 Å². The summed E-state index contributed by atoms with van der Waals surface area (Å²) in [4.78, 5) is 20.1. The SMILES string of the molecule is O=c1c(-c2cccnc2)ccc2n1C[C@@H]1C[C@@H]2CN(CC2CCCCC2)C1. The fraction of sp³-hybridized carbons (Fsp3) is 0.565. The lowest BCUT2D eigenvalue weighted by Crippen LogP contribution is -2.48. The van der Waals surface area contributed by atoms with Crippen LogP contribution in [-0.4, -0.2) is 34.1 Å². The van der Waals surface area contributed by atoms with Gasteiger partial charge in [0.1, 0.15) is 0 Å². The summed E-state index contributed by atoms with van der Waals surface area (Å²) in [7, 11) is 0. The number of pyridine rings is 2. The van der Waals surface area contributed by atoms with E-state index in [4.69, 9.17) is 0 Å². The Morgan fingerprint density at radius 3 is 2.74 bits per heavy atom. The number of rotatable bonds is 3. The predicted molar refractivity (Wildman–Crippen MR) is 108 cm³/mol. The summed E-state index contributed by atoms with van der Waals surface area (Å²) in [6.07, 6.45) is 11.9. The number of likely N-dealkylation sites (tertiary alicyclic amines) is 1. The normalized spacial score (nSPS) is 25.9. The minimum atomic E-state index is 0.163. The van der Waals surface area contributed by atoms with Crippen molar-refractivity contribution in [3.8, 4) is 11.1 Å². The van der Waals surface area contributed by atoms with Crippen LogP contribution in [0.3, 0.4) is 0 Å². The van der Waals surface area contributed by atoms with Crippen molar-refractivity contribution in [3.63, 3.8) is 0 Å². The predicted octanol–water partition coefficient (Wildman–Crippen LogP) is 3.91. The van der Waals surface area contributed by atoms with Gasteiger partial charge in [0.05, 0.1) is 0 Å². The van der Waals surface area contributed by atoms with Gasteiger partial charge in [-0.05, 0) is 49.3 Å². The molecule has 0 radical (unpaired) electrons. The van der Waals surface area contributed by atoms with Crippen LogP contribution < -0.4 is 5.56 Å². The Morgan fingerprint density at radius 2 is 1.93 bits per heavy atom. The third-order valence-corrected chi connectivity index (χ3v) is 6.89. The number of aromatic nitrogens is 2. The van der Waals surface area contributed by atoms with Crippen molar-refractivity contribution >= 4 is 0 Å². The lowest BCUT2D eigenvalue weighted by Gasteiger charge is -2.44. The first-order chi connectivity index (χ1) is 13.3. The molecule has 4 heteroatoms. The number of piperidine rings is 1. The summed E-state index contributed by atoms with van der Waals surface area (Å²) in [6, 6.07) is 8.10. The molecule has 1 saturated heterocycles. The molecular formula is C23H29N3O. The van der Waals surface area contributed by atoms with Crippen LogP contribution in [0.15, 0.2) is 41.5 Å². The second-order valence-electron chi connectivity index (χ2n) is 8.85. The lowest BCUT2D eigenvalue weighted by molar-refractivity contribution is 0.0967. The number of hydrogen-bond acceptors (Lipinski definition) is 3. The zero-order valence-electron chi connectivity index (χ0n) is 16.0. The van der Waals surface area contributed by atoms with Gasteiger partial charge in [0.2, 0.25) is 0 Å². The monoisotopic (exact) mass is 363 g/mol. The summed E-state index contributed by atoms with van der Waals surface area (Å²) >= 11 is 0. The average molecular weight is 364 g/mol. The fourth-order valence-corrected chi connectivity index (χ4v) is 5.67. The summed E-state index contributed by atoms with van der Waals surface area (Å²) < 4.78 is 2.07. The van der Waals surface area contributed by atoms with Gasteiger partial charge in [-0.3, -0.25) is 9.78 Å². The largest absolute Gasteiger partial charge is 0.311 e. The van der Waals surface area contributed by atoms with Crippen LogP contribution in [0.5, 0.6) is 0 Å². The van der Waals surface area contributed by atoms with Crippen molar-refractivity contribution in [3.05, 3.63) is 52.7 Å². The minimum Gasteiger partial charge on any atom is -0.311 e. The molecule has 1 saturated carbocycles. The molecule has 2 aliphatic heterocycles. The molecule has 0 N–H and O–H groups in total. The highest BCUT2D eigenvalue weighted by Gasteiger charge is 2.35. The second-order valence-corrected chi connectivity index (χ2v) is 8.85. The molecule has 2 aromatic rings. The zero-order chi connectivity index (χ0) is 18.2. The van der Waals surface area contributed by atoms with E-state index in [1.165, 1.54) is 50.8 Å². The molecule has 2 atom stereocenters. The van der Waals surface area contributed by atoms with Gasteiger partial charge in [-0.1, -0.05) is 25.3 Å². The standard InChI is InChI=1S/C23H29N3O/c27-23-21(19-7-4-10-24-12-19)8-9-22-20-11-18(15-26(22)23)14-25(16-20)13-17-5-2-1-3-6-17/h4,7-10,12,17-18,20H,1-3,5-6,11,13-16H2/t18-,20-/m1/s1. The molecule has 0 unspecified atom stereocenters. The Kier molecular flexibility index (Phi) is 4.60. The molecule has 2 aromatic heterocycles. The number of fused-ring (bicyclic) bond motifs is 4. The van der Waals surface area contributed by atoms with E-state index in [2.05, 4.69) is 20.5 Å². The van der Waals surface area contributed by atoms with E-state index in [0.29, 0.717) is 11.8 Å². The van der Waals surface area contributed by atoms with Gasteiger partial charge >= 0.3 is 0 Å². The van der Waals surface area contributed by atoms with E-state index in [9.17, 15) is 4.79 Å². The Morgan fingerprint density at radius 1 is 1.04 bits per heavy atom. The van der Waals surface area contributed by atoms with Crippen molar-refractivity contribution in [1.82, 2.24) is 14.5 Å². The Hall–Kier alpha value is -1.94. The first-order valence-corrected chi connectivity index (χ1v) is 10.6. The first kappa shape index (κ1) is 17.2. The molecule has 5 rings (SSSR count). The molecule has 4 nitrogen and oxygen atoms in total. The quantitative estimate of drug-likeness (QED) is 0.830. The van der Waals surface area contributed by atoms with Crippen LogP contribution in [0.2, 0.25) is 0 Å². The molecule has 3 aliphatic rings. The number of nitrogens with zero attached hydrogens (tertiary/aromatic N) is 3. The highest BCUT2D eigenvalue weighted by molar-refractivity contribution is 5.61. The smallest absolute Gasteiger partial charge is 0.258 e. The molecule has 2 bridgehead atoms. The maximum absolute atomic E-state index is 13.2. The van der Waals surface area contributed by atoms with E-state index in [1.807, 2.05) is 18.2 Å². The highest BCUT2D eigenvalue weighted by atomic mass is 16.1. The van der Waals surface area contributed by atoms with E-state index >= 15 is 0 Å². The second kappa shape index (κ2) is 7.23. The van der Waals surface area contributed by atoms with E-state index < -0.39 is 0 Å². The molecule has 142 valence electrons. The van der Waals surface area contributed by atoms with Crippen molar-refractivity contribution in [2.75, 3.05) is 19.6 Å². The van der Waals surface area contributed by atoms with E-state index in [1.54, 1.807) is 12.4 Å². The van der Waals surface area contributed by atoms with Crippen LogP contribution in [0.4, 0.5) is 0 Å². The highest BCUT2D eigenvalue weighted by Crippen LogP contribution is 2.37. The Bertz CT molecular complexity index is 854. The van der Waals surface area contributed by atoms with E-state index in [-0.39, 0.29) is 5.56 Å². The summed E-state index contributed by atoms with van der Waals surface area (Å²) in [6.45, 7) is 4.43. The Labute approximate surface area is 161 Å². The fourth-order valence-electron chi connectivity index (χ4n) is 5.67. The summed E-state index contributed by atoms with van der Waals surface area (Å²) in [5.74, 6) is 2.02. The Balaban J connectivity index is 1.39. The third kappa shape index (κ3) is 3.36. The first-order valence-electron chi connectivity index (χ1n) is 10.6. The van der Waals surface area contributed by atoms with Crippen LogP contribution in [0.25, 0.3) is 11.1 Å². The van der Waals surface area contributed by atoms with Crippen LogP contribution >= 0.6 is 0 Å². The van der Waals surface area contributed by atoms with E-state index in [0.717, 1.165) is 36.7 Å². The van der Waals surface area contributed by atoms with Crippen molar-refractivity contribution in [1.29, 1.82) is 0 Å². The van der Waals surface area contributed by atoms with Gasteiger partial charge in [-0.15, -0.1) is 0 Å². The van der Waals surface area contributed by atoms with Gasteiger partial charge in [0, 0.05) is 61.3 Å². The maximum atomic E-state index is 13.2. The molecule has 1 aliphatic carbocycles. The lowest BCUT2D eigenvalue weighted by atomic mass is 9.81. The molecule has 0 amide bonds. The summed E-state index contributed by atoms with van der Waals surface area (Å²) in [5.41, 5.74) is 3.12. The minimum absolute atomic E-state index is 0.163.